The molecule has 2 atom stereocenters. The van der Waals surface area contributed by atoms with Gasteiger partial charge in [-0.2, -0.15) is 0 Å². The van der Waals surface area contributed by atoms with Crippen molar-refractivity contribution in [3.05, 3.63) is 203 Å². The van der Waals surface area contributed by atoms with Gasteiger partial charge in [-0.25, -0.2) is 0 Å². The Bertz CT molecular complexity index is 1660. The van der Waals surface area contributed by atoms with Crippen LogP contribution in [0, 0.1) is 0 Å². The summed E-state index contributed by atoms with van der Waals surface area (Å²) in [6.45, 7) is 0. The van der Waals surface area contributed by atoms with Crippen molar-refractivity contribution in [3.63, 3.8) is 0 Å². The summed E-state index contributed by atoms with van der Waals surface area (Å²) in [6, 6.07) is 49.5. The first-order chi connectivity index (χ1) is 20.3. The molecule has 0 spiro atoms. The number of aromatic amines is 4. The van der Waals surface area contributed by atoms with Crippen molar-refractivity contribution in [1.29, 1.82) is 0 Å². The van der Waals surface area contributed by atoms with Crippen molar-refractivity contribution in [2.45, 2.75) is 17.8 Å². The molecule has 0 radical (unpaired) electrons. The number of H-pyrrole nitrogens is 4. The molecule has 7 rings (SSSR count). The Labute approximate surface area is 240 Å². The lowest BCUT2D eigenvalue weighted by Crippen LogP contribution is -2.08. The van der Waals surface area contributed by atoms with Crippen LogP contribution >= 0.6 is 0 Å². The van der Waals surface area contributed by atoms with Crippen molar-refractivity contribution >= 4 is 0 Å². The van der Waals surface area contributed by atoms with Gasteiger partial charge in [0.05, 0.1) is 17.8 Å². The Balaban J connectivity index is 1.31. The van der Waals surface area contributed by atoms with Gasteiger partial charge in [-0.15, -0.1) is 0 Å². The van der Waals surface area contributed by atoms with E-state index in [1.54, 1.807) is 0 Å². The Morgan fingerprint density at radius 1 is 0.293 bits per heavy atom. The molecule has 200 valence electrons. The highest BCUT2D eigenvalue weighted by Crippen LogP contribution is 2.37. The van der Waals surface area contributed by atoms with Crippen molar-refractivity contribution < 1.29 is 0 Å². The van der Waals surface area contributed by atoms with Gasteiger partial charge in [-0.05, 0) is 65.2 Å². The normalized spacial score (nSPS) is 13.6. The van der Waals surface area contributed by atoms with E-state index < -0.39 is 0 Å². The summed E-state index contributed by atoms with van der Waals surface area (Å²) in [5, 5.41) is 0. The van der Waals surface area contributed by atoms with Gasteiger partial charge >= 0.3 is 0 Å². The fourth-order valence-corrected chi connectivity index (χ4v) is 6.10. The Hall–Kier alpha value is -5.22. The van der Waals surface area contributed by atoms with E-state index in [9.17, 15) is 0 Å². The molecule has 41 heavy (non-hydrogen) atoms. The van der Waals surface area contributed by atoms with Crippen molar-refractivity contribution in [2.75, 3.05) is 0 Å². The first kappa shape index (κ1) is 24.8. The van der Waals surface area contributed by atoms with Crippen molar-refractivity contribution in [1.82, 2.24) is 19.9 Å². The number of nitrogens with one attached hydrogen (secondary N) is 4. The lowest BCUT2D eigenvalue weighted by atomic mass is 9.92. The van der Waals surface area contributed by atoms with Crippen LogP contribution in [-0.2, 0) is 0 Å². The quantitative estimate of drug-likeness (QED) is 0.144. The third-order valence-electron chi connectivity index (χ3n) is 7.97. The molecule has 0 aliphatic heterocycles. The second-order valence-electron chi connectivity index (χ2n) is 10.5. The van der Waals surface area contributed by atoms with Gasteiger partial charge in [0.2, 0.25) is 0 Å². The maximum atomic E-state index is 3.85. The van der Waals surface area contributed by atoms with E-state index in [1.807, 2.05) is 12.4 Å². The average molecular weight is 533 g/mol. The van der Waals surface area contributed by atoms with Gasteiger partial charge < -0.3 is 19.9 Å². The molecule has 4 N–H and O–H groups in total. The van der Waals surface area contributed by atoms with Crippen LogP contribution in [0.2, 0.25) is 0 Å². The molecule has 0 bridgehead atoms. The molecular weight excluding hydrogens is 500 g/mol. The van der Waals surface area contributed by atoms with Crippen LogP contribution in [0.1, 0.15) is 68.6 Å². The number of hydrogen-bond donors (Lipinski definition) is 4. The van der Waals surface area contributed by atoms with Gasteiger partial charge in [0.25, 0.3) is 0 Å². The molecule has 4 heterocycles. The van der Waals surface area contributed by atoms with Crippen molar-refractivity contribution in [3.8, 4) is 0 Å². The highest BCUT2D eigenvalue weighted by atomic mass is 14.8. The summed E-state index contributed by atoms with van der Waals surface area (Å²) in [7, 11) is 0. The van der Waals surface area contributed by atoms with E-state index in [-0.39, 0.29) is 17.8 Å². The zero-order valence-corrected chi connectivity index (χ0v) is 22.7. The predicted octanol–water partition coefficient (Wildman–Crippen LogP) is 8.54. The van der Waals surface area contributed by atoms with E-state index in [0.717, 1.165) is 22.8 Å². The Morgan fingerprint density at radius 2 is 0.610 bits per heavy atom. The molecule has 2 unspecified atom stereocenters. The van der Waals surface area contributed by atoms with E-state index >= 15 is 0 Å². The monoisotopic (exact) mass is 532 g/mol. The summed E-state index contributed by atoms with van der Waals surface area (Å²) in [4.78, 5) is 14.6. The molecular formula is C37H32N4. The predicted molar refractivity (Wildman–Crippen MR) is 165 cm³/mol. The van der Waals surface area contributed by atoms with Gasteiger partial charge in [-0.1, -0.05) is 91.0 Å². The third-order valence-corrected chi connectivity index (χ3v) is 7.97. The van der Waals surface area contributed by atoms with E-state index in [1.165, 1.54) is 28.1 Å². The number of benzene rings is 3. The smallest absolute Gasteiger partial charge is 0.0641 e. The Kier molecular flexibility index (Phi) is 6.72. The van der Waals surface area contributed by atoms with Crippen LogP contribution in [0.5, 0.6) is 0 Å². The maximum Gasteiger partial charge on any atom is 0.0641 e. The summed E-state index contributed by atoms with van der Waals surface area (Å²) >= 11 is 0. The van der Waals surface area contributed by atoms with Gasteiger partial charge in [-0.3, -0.25) is 0 Å². The molecule has 4 heteroatoms. The average Bonchev–Trinajstić information content (AvgIpc) is 3.86. The third kappa shape index (κ3) is 4.96. The van der Waals surface area contributed by atoms with Crippen LogP contribution < -0.4 is 0 Å². The SMILES string of the molecule is c1ccc(C(c2ccc[nH]2)c2ccc(C(c3ccccc3)c3ccc(C(c4ccccc4)c4ccc[nH]4)[nH]3)[nH]2)cc1. The number of rotatable bonds is 9. The molecule has 7 aromatic rings. The fourth-order valence-electron chi connectivity index (χ4n) is 6.10. The summed E-state index contributed by atoms with van der Waals surface area (Å²) < 4.78 is 0. The molecule has 0 amide bonds. The first-order valence-corrected chi connectivity index (χ1v) is 14.1. The molecule has 0 fully saturated rings. The number of aromatic nitrogens is 4. The van der Waals surface area contributed by atoms with Gasteiger partial charge in [0.1, 0.15) is 0 Å². The molecule has 0 saturated heterocycles. The van der Waals surface area contributed by atoms with Crippen LogP contribution in [0.15, 0.2) is 152 Å². The van der Waals surface area contributed by atoms with E-state index in [4.69, 9.17) is 0 Å². The summed E-state index contributed by atoms with van der Waals surface area (Å²) in [6.07, 6.45) is 3.99. The molecule has 4 nitrogen and oxygen atoms in total. The minimum absolute atomic E-state index is 0.0267. The highest BCUT2D eigenvalue weighted by molar-refractivity contribution is 5.45. The van der Waals surface area contributed by atoms with Crippen LogP contribution in [-0.4, -0.2) is 19.9 Å². The van der Waals surface area contributed by atoms with Gasteiger partial charge in [0.15, 0.2) is 0 Å². The number of hydrogen-bond acceptors (Lipinski definition) is 0. The summed E-state index contributed by atoms with van der Waals surface area (Å²) in [5.41, 5.74) is 10.7. The summed E-state index contributed by atoms with van der Waals surface area (Å²) in [5.74, 6) is 0.204. The maximum absolute atomic E-state index is 3.85. The second-order valence-corrected chi connectivity index (χ2v) is 10.5. The molecule has 0 saturated carbocycles. The minimum Gasteiger partial charge on any atom is -0.364 e. The standard InChI is InChI=1S/C37H32N4/c1-4-12-26(13-5-1)35(29-18-10-24-38-29)31-20-22-33(40-31)37(28-16-8-3-9-17-28)34-23-21-32(41-34)36(30-19-11-25-39-30)27-14-6-2-7-15-27/h1-25,35-41H. The van der Waals surface area contributed by atoms with Crippen LogP contribution in [0.3, 0.4) is 0 Å². The van der Waals surface area contributed by atoms with E-state index in [0.29, 0.717) is 0 Å². The molecule has 0 aliphatic carbocycles. The lowest BCUT2D eigenvalue weighted by molar-refractivity contribution is 0.834. The molecule has 0 aliphatic rings. The van der Waals surface area contributed by atoms with Crippen LogP contribution in [0.4, 0.5) is 0 Å². The zero-order valence-electron chi connectivity index (χ0n) is 22.7. The molecule has 4 aromatic heterocycles. The second kappa shape index (κ2) is 11.1. The minimum atomic E-state index is 0.0267. The van der Waals surface area contributed by atoms with E-state index in [2.05, 4.69) is 159 Å². The zero-order chi connectivity index (χ0) is 27.4. The van der Waals surface area contributed by atoms with Crippen molar-refractivity contribution in [2.24, 2.45) is 0 Å². The topological polar surface area (TPSA) is 63.2 Å². The van der Waals surface area contributed by atoms with Crippen LogP contribution in [0.25, 0.3) is 0 Å². The lowest BCUT2D eigenvalue weighted by Gasteiger charge is -2.19. The fraction of sp³-hybridized carbons (Fsp3) is 0.0811. The highest BCUT2D eigenvalue weighted by Gasteiger charge is 2.26. The van der Waals surface area contributed by atoms with Gasteiger partial charge in [0, 0.05) is 46.6 Å². The largest absolute Gasteiger partial charge is 0.364 e. The first-order valence-electron chi connectivity index (χ1n) is 14.1. The molecule has 3 aromatic carbocycles. The Morgan fingerprint density at radius 3 is 0.902 bits per heavy atom.